The van der Waals surface area contributed by atoms with Gasteiger partial charge in [0, 0.05) is 17.4 Å². The Labute approximate surface area is 117 Å². The molecule has 0 amide bonds. The maximum absolute atomic E-state index is 6.19. The Morgan fingerprint density at radius 3 is 2.58 bits per heavy atom. The van der Waals surface area contributed by atoms with Crippen molar-refractivity contribution in [3.8, 4) is 0 Å². The van der Waals surface area contributed by atoms with Crippen molar-refractivity contribution in [2.75, 3.05) is 0 Å². The van der Waals surface area contributed by atoms with E-state index in [4.69, 9.17) is 16.0 Å². The van der Waals surface area contributed by atoms with Crippen LogP contribution in [0, 0.1) is 6.07 Å². The summed E-state index contributed by atoms with van der Waals surface area (Å²) in [6.45, 7) is 2.16. The van der Waals surface area contributed by atoms with Gasteiger partial charge in [0.1, 0.15) is 5.58 Å². The molecular weight excluding hydrogens is 256 g/mol. The molecular formula is C17H14ClO. The molecule has 0 spiro atoms. The lowest BCUT2D eigenvalue weighted by atomic mass is 10.0. The first kappa shape index (κ1) is 12.3. The van der Waals surface area contributed by atoms with Crippen molar-refractivity contribution >= 4 is 22.6 Å². The third-order valence-corrected chi connectivity index (χ3v) is 3.67. The molecule has 2 aromatic carbocycles. The van der Waals surface area contributed by atoms with Gasteiger partial charge in [0.05, 0.1) is 0 Å². The molecule has 0 N–H and O–H groups in total. The van der Waals surface area contributed by atoms with E-state index in [9.17, 15) is 0 Å². The van der Waals surface area contributed by atoms with Crippen molar-refractivity contribution in [2.24, 2.45) is 0 Å². The molecule has 0 atom stereocenters. The molecule has 1 nitrogen and oxygen atoms in total. The molecule has 1 radical (unpaired) electrons. The van der Waals surface area contributed by atoms with Crippen LogP contribution >= 0.6 is 11.6 Å². The van der Waals surface area contributed by atoms with Gasteiger partial charge in [-0.15, -0.1) is 0 Å². The zero-order chi connectivity index (χ0) is 13.2. The van der Waals surface area contributed by atoms with Crippen molar-refractivity contribution in [3.05, 3.63) is 70.4 Å². The maximum Gasteiger partial charge on any atom is 0.198 e. The van der Waals surface area contributed by atoms with Gasteiger partial charge in [0.25, 0.3) is 0 Å². The molecule has 1 aromatic heterocycles. The number of aryl methyl sites for hydroxylation is 1. The molecule has 0 aliphatic carbocycles. The van der Waals surface area contributed by atoms with Crippen LogP contribution in [0.4, 0.5) is 0 Å². The number of rotatable bonds is 3. The van der Waals surface area contributed by atoms with E-state index in [0.717, 1.165) is 29.4 Å². The van der Waals surface area contributed by atoms with E-state index in [1.165, 1.54) is 11.1 Å². The third-order valence-electron chi connectivity index (χ3n) is 3.37. The second-order valence-electron chi connectivity index (χ2n) is 4.61. The SMILES string of the molecule is CCc1ccc(Cc2c(Cl)oc3ccc[c]c23)cc1. The van der Waals surface area contributed by atoms with Crippen LogP contribution in [0.25, 0.3) is 11.0 Å². The van der Waals surface area contributed by atoms with Gasteiger partial charge in [-0.05, 0) is 41.3 Å². The van der Waals surface area contributed by atoms with Crippen LogP contribution in [0.2, 0.25) is 5.22 Å². The summed E-state index contributed by atoms with van der Waals surface area (Å²) >= 11 is 6.19. The Morgan fingerprint density at radius 1 is 1.11 bits per heavy atom. The molecule has 0 unspecified atom stereocenters. The summed E-state index contributed by atoms with van der Waals surface area (Å²) in [6, 6.07) is 17.5. The third kappa shape index (κ3) is 2.39. The number of fused-ring (bicyclic) bond motifs is 1. The Balaban J connectivity index is 1.98. The number of furan rings is 1. The van der Waals surface area contributed by atoms with Gasteiger partial charge in [-0.1, -0.05) is 43.3 Å². The summed E-state index contributed by atoms with van der Waals surface area (Å²) in [7, 11) is 0. The minimum atomic E-state index is 0.469. The van der Waals surface area contributed by atoms with Crippen LogP contribution in [0.3, 0.4) is 0 Å². The smallest absolute Gasteiger partial charge is 0.198 e. The van der Waals surface area contributed by atoms with Crippen LogP contribution in [0.5, 0.6) is 0 Å². The summed E-state index contributed by atoms with van der Waals surface area (Å²) in [5.41, 5.74) is 4.40. The van der Waals surface area contributed by atoms with E-state index < -0.39 is 0 Å². The zero-order valence-corrected chi connectivity index (χ0v) is 11.5. The first-order valence-electron chi connectivity index (χ1n) is 6.43. The van der Waals surface area contributed by atoms with Gasteiger partial charge >= 0.3 is 0 Å². The van der Waals surface area contributed by atoms with Crippen molar-refractivity contribution in [1.82, 2.24) is 0 Å². The van der Waals surface area contributed by atoms with Gasteiger partial charge in [-0.25, -0.2) is 0 Å². The van der Waals surface area contributed by atoms with Gasteiger partial charge < -0.3 is 4.42 Å². The van der Waals surface area contributed by atoms with E-state index >= 15 is 0 Å². The maximum atomic E-state index is 6.19. The molecule has 0 bridgehead atoms. The number of halogens is 1. The average molecular weight is 270 g/mol. The van der Waals surface area contributed by atoms with Gasteiger partial charge in [0.2, 0.25) is 0 Å². The summed E-state index contributed by atoms with van der Waals surface area (Å²) in [4.78, 5) is 0. The normalized spacial score (nSPS) is 11.1. The molecule has 95 valence electrons. The van der Waals surface area contributed by atoms with Crippen LogP contribution in [0.1, 0.15) is 23.6 Å². The molecule has 2 heteroatoms. The molecule has 0 aliphatic heterocycles. The van der Waals surface area contributed by atoms with Gasteiger partial charge in [-0.2, -0.15) is 0 Å². The summed E-state index contributed by atoms with van der Waals surface area (Å²) < 4.78 is 5.55. The van der Waals surface area contributed by atoms with E-state index in [-0.39, 0.29) is 0 Å². The van der Waals surface area contributed by atoms with Crippen molar-refractivity contribution in [1.29, 1.82) is 0 Å². The molecule has 0 fully saturated rings. The second-order valence-corrected chi connectivity index (χ2v) is 4.95. The lowest BCUT2D eigenvalue weighted by molar-refractivity contribution is 0.614. The fourth-order valence-electron chi connectivity index (χ4n) is 2.25. The zero-order valence-electron chi connectivity index (χ0n) is 10.7. The molecule has 3 aromatic rings. The predicted octanol–water partition coefficient (Wildman–Crippen LogP) is 5.04. The van der Waals surface area contributed by atoms with E-state index in [0.29, 0.717) is 5.22 Å². The van der Waals surface area contributed by atoms with E-state index in [1.807, 2.05) is 18.2 Å². The number of benzene rings is 2. The Hall–Kier alpha value is -1.73. The topological polar surface area (TPSA) is 13.1 Å². The Kier molecular flexibility index (Phi) is 3.31. The van der Waals surface area contributed by atoms with Gasteiger partial charge in [0.15, 0.2) is 5.22 Å². The quantitative estimate of drug-likeness (QED) is 0.649. The highest BCUT2D eigenvalue weighted by atomic mass is 35.5. The highest BCUT2D eigenvalue weighted by Crippen LogP contribution is 2.31. The van der Waals surface area contributed by atoms with E-state index in [1.54, 1.807) is 0 Å². The molecule has 1 heterocycles. The summed E-state index contributed by atoms with van der Waals surface area (Å²) in [6.07, 6.45) is 1.83. The standard InChI is InChI=1S/C17H14ClO/c1-2-12-7-9-13(10-8-12)11-15-14-5-3-4-6-16(14)19-17(15)18/h3-4,6-10H,2,11H2,1H3. The highest BCUT2D eigenvalue weighted by Gasteiger charge is 2.12. The van der Waals surface area contributed by atoms with Crippen molar-refractivity contribution in [3.63, 3.8) is 0 Å². The lowest BCUT2D eigenvalue weighted by Gasteiger charge is -2.02. The van der Waals surface area contributed by atoms with E-state index in [2.05, 4.69) is 37.3 Å². The molecule has 0 aliphatic rings. The largest absolute Gasteiger partial charge is 0.444 e. The molecule has 0 saturated heterocycles. The van der Waals surface area contributed by atoms with Gasteiger partial charge in [-0.3, -0.25) is 0 Å². The summed E-state index contributed by atoms with van der Waals surface area (Å²) in [5, 5.41) is 1.45. The summed E-state index contributed by atoms with van der Waals surface area (Å²) in [5.74, 6) is 0. The van der Waals surface area contributed by atoms with Crippen molar-refractivity contribution < 1.29 is 4.42 Å². The minimum Gasteiger partial charge on any atom is -0.444 e. The minimum absolute atomic E-state index is 0.469. The predicted molar refractivity (Wildman–Crippen MR) is 78.7 cm³/mol. The van der Waals surface area contributed by atoms with Crippen LogP contribution in [0.15, 0.2) is 46.9 Å². The van der Waals surface area contributed by atoms with Crippen LogP contribution in [-0.2, 0) is 12.8 Å². The first-order valence-corrected chi connectivity index (χ1v) is 6.81. The number of hydrogen-bond donors (Lipinski definition) is 0. The molecule has 3 rings (SSSR count). The Bertz CT molecular complexity index is 695. The lowest BCUT2D eigenvalue weighted by Crippen LogP contribution is -1.89. The van der Waals surface area contributed by atoms with Crippen molar-refractivity contribution in [2.45, 2.75) is 19.8 Å². The van der Waals surface area contributed by atoms with Crippen LogP contribution in [-0.4, -0.2) is 0 Å². The monoisotopic (exact) mass is 269 g/mol. The fraction of sp³-hybridized carbons (Fsp3) is 0.176. The molecule has 0 saturated carbocycles. The highest BCUT2D eigenvalue weighted by molar-refractivity contribution is 6.30. The van der Waals surface area contributed by atoms with Crippen LogP contribution < -0.4 is 0 Å². The second kappa shape index (κ2) is 5.10. The number of hydrogen-bond acceptors (Lipinski definition) is 1. The fourth-order valence-corrected chi connectivity index (χ4v) is 2.50. The molecule has 19 heavy (non-hydrogen) atoms. The first-order chi connectivity index (χ1) is 9.28. The Morgan fingerprint density at radius 2 is 1.84 bits per heavy atom. The average Bonchev–Trinajstić information content (AvgIpc) is 2.76.